The van der Waals surface area contributed by atoms with E-state index in [0.29, 0.717) is 0 Å². The van der Waals surface area contributed by atoms with Crippen LogP contribution in [0.5, 0.6) is 0 Å². The molecule has 0 saturated carbocycles. The Kier molecular flexibility index (Phi) is 2.86. The minimum atomic E-state index is 0.233. The predicted molar refractivity (Wildman–Crippen MR) is 44.1 cm³/mol. The fraction of sp³-hybridized carbons (Fsp3) is 0.875. The summed E-state index contributed by atoms with van der Waals surface area (Å²) in [5.41, 5.74) is 0. The number of rotatable bonds is 4. The molecule has 0 aromatic rings. The summed E-state index contributed by atoms with van der Waals surface area (Å²) in [4.78, 5) is 4.37. The summed E-state index contributed by atoms with van der Waals surface area (Å²) in [5.74, 6) is 0. The molecule has 0 radical (unpaired) electrons. The molecule has 62 valence electrons. The zero-order valence-electron chi connectivity index (χ0n) is 7.25. The minimum absolute atomic E-state index is 0.233. The molecule has 1 fully saturated rings. The lowest BCUT2D eigenvalue weighted by Crippen LogP contribution is -2.16. The SMILES string of the molecule is CN(C)CCCN1CC1C#N. The van der Waals surface area contributed by atoms with E-state index in [9.17, 15) is 0 Å². The average molecular weight is 153 g/mol. The molecule has 1 rings (SSSR count). The van der Waals surface area contributed by atoms with Crippen molar-refractivity contribution in [2.24, 2.45) is 0 Å². The van der Waals surface area contributed by atoms with E-state index in [2.05, 4.69) is 30.0 Å². The van der Waals surface area contributed by atoms with Crippen molar-refractivity contribution in [1.82, 2.24) is 9.80 Å². The van der Waals surface area contributed by atoms with E-state index in [1.54, 1.807) is 0 Å². The summed E-state index contributed by atoms with van der Waals surface area (Å²) in [6.45, 7) is 3.19. The molecular weight excluding hydrogens is 138 g/mol. The third-order valence-corrected chi connectivity index (χ3v) is 1.91. The molecule has 11 heavy (non-hydrogen) atoms. The lowest BCUT2D eigenvalue weighted by molar-refractivity contribution is 0.375. The van der Waals surface area contributed by atoms with Crippen LogP contribution in [-0.2, 0) is 0 Å². The van der Waals surface area contributed by atoms with Gasteiger partial charge in [0.1, 0.15) is 6.04 Å². The smallest absolute Gasteiger partial charge is 0.111 e. The van der Waals surface area contributed by atoms with E-state index in [4.69, 9.17) is 5.26 Å². The molecule has 0 amide bonds. The number of hydrogen-bond donors (Lipinski definition) is 0. The number of nitriles is 1. The molecule has 0 N–H and O–H groups in total. The second kappa shape index (κ2) is 3.70. The Balaban J connectivity index is 1.95. The summed E-state index contributed by atoms with van der Waals surface area (Å²) in [6, 6.07) is 2.47. The molecule has 1 heterocycles. The molecule has 3 heteroatoms. The van der Waals surface area contributed by atoms with Crippen molar-refractivity contribution in [2.75, 3.05) is 33.7 Å². The first-order valence-electron chi connectivity index (χ1n) is 4.02. The molecule has 0 bridgehead atoms. The van der Waals surface area contributed by atoms with Crippen LogP contribution in [0.25, 0.3) is 0 Å². The van der Waals surface area contributed by atoms with Crippen LogP contribution in [0.15, 0.2) is 0 Å². The third-order valence-electron chi connectivity index (χ3n) is 1.91. The van der Waals surface area contributed by atoms with Crippen LogP contribution in [0.3, 0.4) is 0 Å². The molecular formula is C8H15N3. The molecule has 2 atom stereocenters. The van der Waals surface area contributed by atoms with Crippen LogP contribution in [0.4, 0.5) is 0 Å². The van der Waals surface area contributed by atoms with Gasteiger partial charge in [0.15, 0.2) is 0 Å². The molecule has 1 aliphatic rings. The Bertz CT molecular complexity index is 159. The fourth-order valence-electron chi connectivity index (χ4n) is 1.13. The third kappa shape index (κ3) is 2.87. The monoisotopic (exact) mass is 153 g/mol. The first kappa shape index (κ1) is 8.51. The van der Waals surface area contributed by atoms with E-state index in [1.165, 1.54) is 6.42 Å². The van der Waals surface area contributed by atoms with Gasteiger partial charge in [-0.3, -0.25) is 4.90 Å². The van der Waals surface area contributed by atoms with Gasteiger partial charge in [0.05, 0.1) is 6.07 Å². The van der Waals surface area contributed by atoms with E-state index in [-0.39, 0.29) is 6.04 Å². The van der Waals surface area contributed by atoms with E-state index >= 15 is 0 Å². The highest BCUT2D eigenvalue weighted by Crippen LogP contribution is 2.15. The molecule has 1 saturated heterocycles. The molecule has 1 aliphatic heterocycles. The van der Waals surface area contributed by atoms with Crippen molar-refractivity contribution < 1.29 is 0 Å². The maximum atomic E-state index is 8.48. The summed E-state index contributed by atoms with van der Waals surface area (Å²) >= 11 is 0. The Morgan fingerprint density at radius 2 is 2.36 bits per heavy atom. The van der Waals surface area contributed by atoms with Gasteiger partial charge in [0.2, 0.25) is 0 Å². The van der Waals surface area contributed by atoms with Gasteiger partial charge in [0, 0.05) is 13.1 Å². The predicted octanol–water partition coefficient (Wildman–Crippen LogP) is 0.146. The van der Waals surface area contributed by atoms with Gasteiger partial charge < -0.3 is 4.90 Å². The number of hydrogen-bond acceptors (Lipinski definition) is 3. The lowest BCUT2D eigenvalue weighted by Gasteiger charge is -2.08. The minimum Gasteiger partial charge on any atom is -0.309 e. The molecule has 2 unspecified atom stereocenters. The quantitative estimate of drug-likeness (QED) is 0.538. The summed E-state index contributed by atoms with van der Waals surface area (Å²) in [7, 11) is 4.15. The van der Waals surface area contributed by atoms with Gasteiger partial charge in [-0.05, 0) is 27.1 Å². The largest absolute Gasteiger partial charge is 0.309 e. The summed E-state index contributed by atoms with van der Waals surface area (Å²) in [5, 5.41) is 8.48. The summed E-state index contributed by atoms with van der Waals surface area (Å²) < 4.78 is 0. The lowest BCUT2D eigenvalue weighted by atomic mass is 10.4. The highest BCUT2D eigenvalue weighted by Gasteiger charge is 2.32. The van der Waals surface area contributed by atoms with Gasteiger partial charge in [-0.2, -0.15) is 5.26 Å². The molecule has 0 aromatic carbocycles. The van der Waals surface area contributed by atoms with Crippen LogP contribution in [0.2, 0.25) is 0 Å². The van der Waals surface area contributed by atoms with E-state index in [0.717, 1.165) is 19.6 Å². The van der Waals surface area contributed by atoms with Crippen molar-refractivity contribution in [2.45, 2.75) is 12.5 Å². The standard InChI is InChI=1S/C8H15N3/c1-10(2)4-3-5-11-7-8(11)6-9/h8H,3-5,7H2,1-2H3. The Morgan fingerprint density at radius 1 is 1.64 bits per heavy atom. The maximum absolute atomic E-state index is 8.48. The van der Waals surface area contributed by atoms with Crippen LogP contribution >= 0.6 is 0 Å². The molecule has 0 spiro atoms. The zero-order chi connectivity index (χ0) is 8.27. The first-order valence-corrected chi connectivity index (χ1v) is 4.02. The van der Waals surface area contributed by atoms with Gasteiger partial charge >= 0.3 is 0 Å². The van der Waals surface area contributed by atoms with E-state index < -0.39 is 0 Å². The normalized spacial score (nSPS) is 28.5. The Labute approximate surface area is 68.2 Å². The van der Waals surface area contributed by atoms with Crippen LogP contribution in [-0.4, -0.2) is 49.6 Å². The highest BCUT2D eigenvalue weighted by molar-refractivity contribution is 5.05. The van der Waals surface area contributed by atoms with Crippen LogP contribution in [0, 0.1) is 11.3 Å². The highest BCUT2D eigenvalue weighted by atomic mass is 15.3. The summed E-state index contributed by atoms with van der Waals surface area (Å²) in [6.07, 6.45) is 1.17. The molecule has 0 aliphatic carbocycles. The van der Waals surface area contributed by atoms with Crippen molar-refractivity contribution in [3.05, 3.63) is 0 Å². The first-order chi connectivity index (χ1) is 5.24. The van der Waals surface area contributed by atoms with Crippen LogP contribution in [0.1, 0.15) is 6.42 Å². The van der Waals surface area contributed by atoms with Crippen LogP contribution < -0.4 is 0 Å². The topological polar surface area (TPSA) is 30.0 Å². The van der Waals surface area contributed by atoms with Gasteiger partial charge in [-0.1, -0.05) is 0 Å². The van der Waals surface area contributed by atoms with Crippen molar-refractivity contribution in [1.29, 1.82) is 5.26 Å². The van der Waals surface area contributed by atoms with Crippen molar-refractivity contribution in [3.63, 3.8) is 0 Å². The zero-order valence-corrected chi connectivity index (χ0v) is 7.25. The Hall–Kier alpha value is -0.590. The average Bonchev–Trinajstić information content (AvgIpc) is 2.66. The number of nitrogens with zero attached hydrogens (tertiary/aromatic N) is 3. The molecule has 3 nitrogen and oxygen atoms in total. The Morgan fingerprint density at radius 3 is 2.82 bits per heavy atom. The van der Waals surface area contributed by atoms with Crippen molar-refractivity contribution >= 4 is 0 Å². The van der Waals surface area contributed by atoms with Gasteiger partial charge in [-0.15, -0.1) is 0 Å². The maximum Gasteiger partial charge on any atom is 0.111 e. The molecule has 0 aromatic heterocycles. The van der Waals surface area contributed by atoms with E-state index in [1.807, 2.05) is 0 Å². The van der Waals surface area contributed by atoms with Gasteiger partial charge in [-0.25, -0.2) is 0 Å². The second-order valence-electron chi connectivity index (χ2n) is 3.30. The second-order valence-corrected chi connectivity index (χ2v) is 3.30. The van der Waals surface area contributed by atoms with Gasteiger partial charge in [0.25, 0.3) is 0 Å². The fourth-order valence-corrected chi connectivity index (χ4v) is 1.13. The van der Waals surface area contributed by atoms with Crippen molar-refractivity contribution in [3.8, 4) is 6.07 Å².